The number of hydrogen-bond donors (Lipinski definition) is 0. The van der Waals surface area contributed by atoms with Gasteiger partial charge >= 0.3 is 11.9 Å². The molecule has 24 heavy (non-hydrogen) atoms. The van der Waals surface area contributed by atoms with Crippen LogP contribution in [0.25, 0.3) is 0 Å². The molecule has 0 radical (unpaired) electrons. The number of carbonyl (C=O) groups is 2. The maximum absolute atomic E-state index is 12.9. The van der Waals surface area contributed by atoms with E-state index in [1.54, 1.807) is 0 Å². The van der Waals surface area contributed by atoms with Crippen LogP contribution in [0.4, 0.5) is 0 Å². The molecule has 0 aromatic carbocycles. The Labute approximate surface area is 148 Å². The lowest BCUT2D eigenvalue weighted by atomic mass is 9.71. The molecule has 0 amide bonds. The molecular weight excluding hydrogens is 304 g/mol. The number of carbonyl (C=O) groups excluding carboxylic acids is 2. The van der Waals surface area contributed by atoms with Crippen LogP contribution in [0.5, 0.6) is 0 Å². The maximum atomic E-state index is 12.9. The molecule has 0 unspecified atom stereocenters. The normalized spacial score (nSPS) is 13.3. The number of esters is 2. The molecule has 0 fully saturated rings. The Balaban J connectivity index is 5.55. The average molecular weight is 343 g/mol. The zero-order valence-electron chi connectivity index (χ0n) is 17.4. The standard InChI is InChI=1S/C20H38O4/c1-14(2)11-20(15(3)4,16(21)23-12-18(5,6)7)17(22)24-13-19(8,9)10/h14-15H,11-13H2,1-10H3. The van der Waals surface area contributed by atoms with E-state index < -0.39 is 17.4 Å². The van der Waals surface area contributed by atoms with Crippen molar-refractivity contribution in [2.75, 3.05) is 13.2 Å². The van der Waals surface area contributed by atoms with Crippen molar-refractivity contribution in [1.29, 1.82) is 0 Å². The molecule has 0 bridgehead atoms. The van der Waals surface area contributed by atoms with E-state index in [2.05, 4.69) is 0 Å². The van der Waals surface area contributed by atoms with E-state index in [1.807, 2.05) is 69.2 Å². The molecule has 0 saturated carbocycles. The van der Waals surface area contributed by atoms with Gasteiger partial charge in [0.25, 0.3) is 0 Å². The van der Waals surface area contributed by atoms with Gasteiger partial charge in [-0.3, -0.25) is 9.59 Å². The van der Waals surface area contributed by atoms with Gasteiger partial charge in [-0.1, -0.05) is 69.2 Å². The summed E-state index contributed by atoms with van der Waals surface area (Å²) >= 11 is 0. The van der Waals surface area contributed by atoms with Crippen molar-refractivity contribution in [3.8, 4) is 0 Å². The summed E-state index contributed by atoms with van der Waals surface area (Å²) in [5.74, 6) is -0.934. The summed E-state index contributed by atoms with van der Waals surface area (Å²) in [4.78, 5) is 25.9. The van der Waals surface area contributed by atoms with Gasteiger partial charge in [-0.2, -0.15) is 0 Å². The fourth-order valence-electron chi connectivity index (χ4n) is 2.42. The van der Waals surface area contributed by atoms with Crippen LogP contribution in [0.3, 0.4) is 0 Å². The summed E-state index contributed by atoms with van der Waals surface area (Å²) in [5.41, 5.74) is -1.54. The van der Waals surface area contributed by atoms with Crippen molar-refractivity contribution in [3.05, 3.63) is 0 Å². The maximum Gasteiger partial charge on any atom is 0.323 e. The Bertz CT molecular complexity index is 392. The van der Waals surface area contributed by atoms with Crippen LogP contribution >= 0.6 is 0 Å². The van der Waals surface area contributed by atoms with Gasteiger partial charge in [0, 0.05) is 0 Å². The van der Waals surface area contributed by atoms with Gasteiger partial charge in [-0.05, 0) is 29.1 Å². The fraction of sp³-hybridized carbons (Fsp3) is 0.900. The molecule has 0 aliphatic heterocycles. The van der Waals surface area contributed by atoms with Crippen molar-refractivity contribution in [2.45, 2.75) is 75.7 Å². The second kappa shape index (κ2) is 8.35. The Morgan fingerprint density at radius 3 is 1.29 bits per heavy atom. The first-order chi connectivity index (χ1) is 10.6. The lowest BCUT2D eigenvalue weighted by Crippen LogP contribution is -2.48. The second-order valence-electron chi connectivity index (χ2n) is 10.00. The Hall–Kier alpha value is -1.06. The average Bonchev–Trinajstić information content (AvgIpc) is 2.37. The number of ether oxygens (including phenoxy) is 2. The van der Waals surface area contributed by atoms with Crippen LogP contribution in [-0.2, 0) is 19.1 Å². The molecule has 0 rings (SSSR count). The minimum absolute atomic E-state index is 0.147. The smallest absolute Gasteiger partial charge is 0.323 e. The van der Waals surface area contributed by atoms with Crippen molar-refractivity contribution in [1.82, 2.24) is 0 Å². The van der Waals surface area contributed by atoms with Gasteiger partial charge in [-0.15, -0.1) is 0 Å². The summed E-state index contributed by atoms with van der Waals surface area (Å²) in [7, 11) is 0. The summed E-state index contributed by atoms with van der Waals surface area (Å²) in [6.45, 7) is 20.3. The Morgan fingerprint density at radius 1 is 0.750 bits per heavy atom. The lowest BCUT2D eigenvalue weighted by molar-refractivity contribution is -0.181. The molecule has 0 aliphatic rings. The quantitative estimate of drug-likeness (QED) is 0.490. The lowest BCUT2D eigenvalue weighted by Gasteiger charge is -2.35. The number of rotatable bonds is 7. The van der Waals surface area contributed by atoms with Crippen LogP contribution in [0, 0.1) is 28.1 Å². The minimum Gasteiger partial charge on any atom is -0.464 e. The summed E-state index contributed by atoms with van der Waals surface area (Å²) in [6.07, 6.45) is 0.427. The third kappa shape index (κ3) is 7.23. The highest BCUT2D eigenvalue weighted by Crippen LogP contribution is 2.38. The Morgan fingerprint density at radius 2 is 1.08 bits per heavy atom. The van der Waals surface area contributed by atoms with Gasteiger partial charge in [0.15, 0.2) is 5.41 Å². The first-order valence-electron chi connectivity index (χ1n) is 8.96. The van der Waals surface area contributed by atoms with Crippen LogP contribution in [0.15, 0.2) is 0 Å². The molecule has 0 heterocycles. The van der Waals surface area contributed by atoms with E-state index in [0.717, 1.165) is 0 Å². The Kier molecular flexibility index (Phi) is 7.98. The van der Waals surface area contributed by atoms with Crippen LogP contribution < -0.4 is 0 Å². The summed E-state index contributed by atoms with van der Waals surface area (Å²) in [6, 6.07) is 0. The summed E-state index contributed by atoms with van der Waals surface area (Å²) < 4.78 is 11.1. The second-order valence-corrected chi connectivity index (χ2v) is 10.00. The van der Waals surface area contributed by atoms with E-state index in [0.29, 0.717) is 6.42 Å². The van der Waals surface area contributed by atoms with Crippen molar-refractivity contribution in [3.63, 3.8) is 0 Å². The van der Waals surface area contributed by atoms with E-state index in [9.17, 15) is 9.59 Å². The van der Waals surface area contributed by atoms with E-state index in [1.165, 1.54) is 0 Å². The molecule has 0 spiro atoms. The molecule has 142 valence electrons. The SMILES string of the molecule is CC(C)CC(C(=O)OCC(C)(C)C)(C(=O)OCC(C)(C)C)C(C)C. The molecule has 0 N–H and O–H groups in total. The zero-order chi connectivity index (χ0) is 19.3. The molecular formula is C20H38O4. The third-order valence-electron chi connectivity index (χ3n) is 3.72. The van der Waals surface area contributed by atoms with Crippen LogP contribution in [0.1, 0.15) is 75.7 Å². The highest BCUT2D eigenvalue weighted by Gasteiger charge is 2.52. The van der Waals surface area contributed by atoms with Crippen molar-refractivity contribution >= 4 is 11.9 Å². The van der Waals surface area contributed by atoms with Gasteiger partial charge < -0.3 is 9.47 Å². The fourth-order valence-corrected chi connectivity index (χ4v) is 2.42. The predicted octanol–water partition coefficient (Wildman–Crippen LogP) is 4.85. The first-order valence-corrected chi connectivity index (χ1v) is 8.96. The summed E-state index contributed by atoms with van der Waals surface area (Å²) in [5, 5.41) is 0. The molecule has 4 nitrogen and oxygen atoms in total. The number of hydrogen-bond acceptors (Lipinski definition) is 4. The van der Waals surface area contributed by atoms with Crippen molar-refractivity contribution < 1.29 is 19.1 Å². The first kappa shape index (κ1) is 22.9. The van der Waals surface area contributed by atoms with Gasteiger partial charge in [0.05, 0.1) is 13.2 Å². The topological polar surface area (TPSA) is 52.6 Å². The zero-order valence-corrected chi connectivity index (χ0v) is 17.4. The molecule has 0 aromatic heterocycles. The van der Waals surface area contributed by atoms with Gasteiger partial charge in [0.1, 0.15) is 0 Å². The molecule has 0 aliphatic carbocycles. The van der Waals surface area contributed by atoms with Crippen molar-refractivity contribution in [2.24, 2.45) is 28.1 Å². The van der Waals surface area contributed by atoms with Crippen LogP contribution in [-0.4, -0.2) is 25.2 Å². The molecule has 0 aromatic rings. The van der Waals surface area contributed by atoms with Gasteiger partial charge in [0.2, 0.25) is 0 Å². The van der Waals surface area contributed by atoms with E-state index in [-0.39, 0.29) is 35.9 Å². The third-order valence-corrected chi connectivity index (χ3v) is 3.72. The predicted molar refractivity (Wildman–Crippen MR) is 97.6 cm³/mol. The molecule has 4 heteroatoms. The monoisotopic (exact) mass is 342 g/mol. The highest BCUT2D eigenvalue weighted by molar-refractivity contribution is 6.00. The van der Waals surface area contributed by atoms with E-state index in [4.69, 9.17) is 9.47 Å². The minimum atomic E-state index is -1.25. The molecule has 0 atom stereocenters. The van der Waals surface area contributed by atoms with E-state index >= 15 is 0 Å². The molecule has 0 saturated heterocycles. The highest BCUT2D eigenvalue weighted by atomic mass is 16.6. The van der Waals surface area contributed by atoms with Gasteiger partial charge in [-0.25, -0.2) is 0 Å². The van der Waals surface area contributed by atoms with Crippen LogP contribution in [0.2, 0.25) is 0 Å². The largest absolute Gasteiger partial charge is 0.464 e.